The topological polar surface area (TPSA) is 106 Å². The van der Waals surface area contributed by atoms with E-state index in [4.69, 9.17) is 25.5 Å². The van der Waals surface area contributed by atoms with E-state index in [9.17, 15) is 13.7 Å². The van der Waals surface area contributed by atoms with Crippen molar-refractivity contribution in [3.63, 3.8) is 0 Å². The average molecular weight is 434 g/mol. The standard InChI is InChI=1S/C19H16ClN3O5S/c1-23(29(24,25)14-8-9-16(26-2)17(10-14)27-3)19-15(11-21)22-18(28-19)12-4-6-13(20)7-5-12/h4-10H,1-3H3. The zero-order chi connectivity index (χ0) is 21.2. The number of methoxy groups -OCH3 is 2. The van der Waals surface area contributed by atoms with E-state index in [-0.39, 0.29) is 28.1 Å². The Kier molecular flexibility index (Phi) is 5.68. The summed E-state index contributed by atoms with van der Waals surface area (Å²) in [7, 11) is 0.0628. The van der Waals surface area contributed by atoms with Crippen LogP contribution in [0.1, 0.15) is 5.69 Å². The lowest BCUT2D eigenvalue weighted by Gasteiger charge is -2.17. The van der Waals surface area contributed by atoms with Crippen molar-refractivity contribution in [2.24, 2.45) is 0 Å². The molecule has 0 saturated heterocycles. The minimum atomic E-state index is -4.07. The summed E-state index contributed by atoms with van der Waals surface area (Å²) in [5.74, 6) is 0.535. The fourth-order valence-corrected chi connectivity index (χ4v) is 3.84. The molecule has 150 valence electrons. The highest BCUT2D eigenvalue weighted by Crippen LogP contribution is 2.34. The number of hydrogen-bond donors (Lipinski definition) is 0. The zero-order valence-corrected chi connectivity index (χ0v) is 17.3. The molecule has 0 unspecified atom stereocenters. The van der Waals surface area contributed by atoms with Crippen molar-refractivity contribution in [3.8, 4) is 29.0 Å². The maximum Gasteiger partial charge on any atom is 0.266 e. The molecule has 0 amide bonds. The fourth-order valence-electron chi connectivity index (χ4n) is 2.56. The number of nitriles is 1. The molecule has 3 rings (SSSR count). The molecule has 0 N–H and O–H groups in total. The maximum atomic E-state index is 13.1. The number of aromatic nitrogens is 1. The van der Waals surface area contributed by atoms with Gasteiger partial charge in [0.25, 0.3) is 10.0 Å². The van der Waals surface area contributed by atoms with E-state index in [1.54, 1.807) is 24.3 Å². The van der Waals surface area contributed by atoms with Gasteiger partial charge in [0, 0.05) is 23.7 Å². The van der Waals surface area contributed by atoms with Crippen LogP contribution in [0.3, 0.4) is 0 Å². The Labute approximate surface area is 172 Å². The molecule has 10 heteroatoms. The Morgan fingerprint density at radius 2 is 1.76 bits per heavy atom. The molecule has 0 saturated carbocycles. The van der Waals surface area contributed by atoms with Gasteiger partial charge < -0.3 is 13.9 Å². The Morgan fingerprint density at radius 1 is 1.10 bits per heavy atom. The van der Waals surface area contributed by atoms with E-state index in [1.807, 2.05) is 6.07 Å². The van der Waals surface area contributed by atoms with Crippen molar-refractivity contribution in [1.29, 1.82) is 5.26 Å². The molecule has 3 aromatic rings. The molecule has 0 radical (unpaired) electrons. The van der Waals surface area contributed by atoms with Crippen molar-refractivity contribution in [2.75, 3.05) is 25.6 Å². The summed E-state index contributed by atoms with van der Waals surface area (Å²) < 4.78 is 42.9. The van der Waals surface area contributed by atoms with Crippen LogP contribution in [-0.4, -0.2) is 34.7 Å². The largest absolute Gasteiger partial charge is 0.493 e. The third-order valence-electron chi connectivity index (χ3n) is 4.11. The van der Waals surface area contributed by atoms with Gasteiger partial charge in [-0.2, -0.15) is 10.2 Å². The average Bonchev–Trinajstić information content (AvgIpc) is 3.17. The SMILES string of the molecule is COc1ccc(S(=O)(=O)N(C)c2oc(-c3ccc(Cl)cc3)nc2C#N)cc1OC. The van der Waals surface area contributed by atoms with E-state index in [0.29, 0.717) is 16.3 Å². The van der Waals surface area contributed by atoms with Crippen molar-refractivity contribution in [1.82, 2.24) is 4.98 Å². The summed E-state index contributed by atoms with van der Waals surface area (Å²) in [6.07, 6.45) is 0. The third kappa shape index (κ3) is 3.85. The third-order valence-corrected chi connectivity index (χ3v) is 6.09. The molecule has 0 bridgehead atoms. The van der Waals surface area contributed by atoms with Crippen molar-refractivity contribution in [2.45, 2.75) is 4.90 Å². The van der Waals surface area contributed by atoms with Crippen molar-refractivity contribution >= 4 is 27.5 Å². The molecule has 1 aromatic heterocycles. The molecule has 1 heterocycles. The number of halogens is 1. The second-order valence-electron chi connectivity index (χ2n) is 5.78. The highest BCUT2D eigenvalue weighted by atomic mass is 35.5. The predicted molar refractivity (Wildman–Crippen MR) is 107 cm³/mol. The Bertz CT molecular complexity index is 1180. The van der Waals surface area contributed by atoms with Gasteiger partial charge >= 0.3 is 0 Å². The van der Waals surface area contributed by atoms with Gasteiger partial charge in [0.1, 0.15) is 6.07 Å². The Hall–Kier alpha value is -3.22. The van der Waals surface area contributed by atoms with E-state index in [0.717, 1.165) is 4.31 Å². The monoisotopic (exact) mass is 433 g/mol. The molecule has 8 nitrogen and oxygen atoms in total. The van der Waals surface area contributed by atoms with Gasteiger partial charge in [0.05, 0.1) is 19.1 Å². The summed E-state index contributed by atoms with van der Waals surface area (Å²) in [5, 5.41) is 9.93. The summed E-state index contributed by atoms with van der Waals surface area (Å²) >= 11 is 5.88. The first-order valence-corrected chi connectivity index (χ1v) is 10.0. The van der Waals surface area contributed by atoms with Crippen LogP contribution in [0, 0.1) is 11.3 Å². The second-order valence-corrected chi connectivity index (χ2v) is 8.19. The van der Waals surface area contributed by atoms with Crippen LogP contribution in [0.2, 0.25) is 5.02 Å². The van der Waals surface area contributed by atoms with Gasteiger partial charge in [-0.3, -0.25) is 0 Å². The van der Waals surface area contributed by atoms with Crippen LogP contribution in [0.5, 0.6) is 11.5 Å². The molecule has 0 aliphatic carbocycles. The molecule has 0 aliphatic heterocycles. The van der Waals surface area contributed by atoms with E-state index in [2.05, 4.69) is 4.98 Å². The van der Waals surface area contributed by atoms with Gasteiger partial charge in [-0.05, 0) is 36.4 Å². The summed E-state index contributed by atoms with van der Waals surface area (Å²) in [6, 6.07) is 12.6. The van der Waals surface area contributed by atoms with E-state index < -0.39 is 10.0 Å². The summed E-state index contributed by atoms with van der Waals surface area (Å²) in [6.45, 7) is 0. The number of nitrogens with zero attached hydrogens (tertiary/aromatic N) is 3. The van der Waals surface area contributed by atoms with Crippen LogP contribution < -0.4 is 13.8 Å². The fraction of sp³-hybridized carbons (Fsp3) is 0.158. The molecular weight excluding hydrogens is 418 g/mol. The van der Waals surface area contributed by atoms with Gasteiger partial charge in [-0.1, -0.05) is 11.6 Å². The number of rotatable bonds is 6. The van der Waals surface area contributed by atoms with Crippen molar-refractivity contribution in [3.05, 3.63) is 53.2 Å². The van der Waals surface area contributed by atoms with Crippen LogP contribution >= 0.6 is 11.6 Å². The maximum absolute atomic E-state index is 13.1. The lowest BCUT2D eigenvalue weighted by atomic mass is 10.2. The zero-order valence-electron chi connectivity index (χ0n) is 15.7. The quantitative estimate of drug-likeness (QED) is 0.583. The molecule has 2 aromatic carbocycles. The Morgan fingerprint density at radius 3 is 2.34 bits per heavy atom. The second kappa shape index (κ2) is 8.03. The smallest absolute Gasteiger partial charge is 0.266 e. The van der Waals surface area contributed by atoms with Crippen LogP contribution in [0.25, 0.3) is 11.5 Å². The van der Waals surface area contributed by atoms with Gasteiger partial charge in [-0.15, -0.1) is 0 Å². The summed E-state index contributed by atoms with van der Waals surface area (Å²) in [5.41, 5.74) is 0.385. The predicted octanol–water partition coefficient (Wildman–Crippen LogP) is 3.71. The highest BCUT2D eigenvalue weighted by Gasteiger charge is 2.29. The van der Waals surface area contributed by atoms with Gasteiger partial charge in [0.15, 0.2) is 11.5 Å². The highest BCUT2D eigenvalue weighted by molar-refractivity contribution is 7.92. The minimum Gasteiger partial charge on any atom is -0.493 e. The van der Waals surface area contributed by atoms with Crippen LogP contribution in [0.4, 0.5) is 5.88 Å². The Balaban J connectivity index is 2.04. The summed E-state index contributed by atoms with van der Waals surface area (Å²) in [4.78, 5) is 4.03. The number of oxazole rings is 1. The van der Waals surface area contributed by atoms with Crippen LogP contribution in [-0.2, 0) is 10.0 Å². The number of benzene rings is 2. The molecule has 0 aliphatic rings. The molecule has 0 spiro atoms. The lowest BCUT2D eigenvalue weighted by Crippen LogP contribution is -2.26. The van der Waals surface area contributed by atoms with E-state index >= 15 is 0 Å². The first-order chi connectivity index (χ1) is 13.8. The molecule has 0 fully saturated rings. The normalized spacial score (nSPS) is 11.0. The molecule has 0 atom stereocenters. The van der Waals surface area contributed by atoms with Gasteiger partial charge in [-0.25, -0.2) is 12.7 Å². The number of hydrogen-bond acceptors (Lipinski definition) is 7. The van der Waals surface area contributed by atoms with Crippen molar-refractivity contribution < 1.29 is 22.3 Å². The lowest BCUT2D eigenvalue weighted by molar-refractivity contribution is 0.354. The molecule has 29 heavy (non-hydrogen) atoms. The number of anilines is 1. The van der Waals surface area contributed by atoms with Crippen LogP contribution in [0.15, 0.2) is 51.8 Å². The first-order valence-electron chi connectivity index (χ1n) is 8.19. The molecular formula is C19H16ClN3O5S. The first kappa shape index (κ1) is 20.5. The van der Waals surface area contributed by atoms with Gasteiger partial charge in [0.2, 0.25) is 17.5 Å². The minimum absolute atomic E-state index is 0.0639. The number of sulfonamides is 1. The van der Waals surface area contributed by atoms with E-state index in [1.165, 1.54) is 39.5 Å². The number of ether oxygens (including phenoxy) is 2.